The lowest BCUT2D eigenvalue weighted by Gasteiger charge is -2.28. The lowest BCUT2D eigenvalue weighted by Crippen LogP contribution is -2.42. The van der Waals surface area contributed by atoms with Crippen molar-refractivity contribution in [1.29, 1.82) is 0 Å². The highest BCUT2D eigenvalue weighted by Crippen LogP contribution is 2.18. The number of nitrogens with two attached hydrogens (primary N) is 4. The molecule has 0 saturated heterocycles. The van der Waals surface area contributed by atoms with Gasteiger partial charge in [0.15, 0.2) is 0 Å². The molecule has 0 bridgehead atoms. The first kappa shape index (κ1) is 15.8. The van der Waals surface area contributed by atoms with Crippen LogP contribution in [0.3, 0.4) is 0 Å². The van der Waals surface area contributed by atoms with Crippen molar-refractivity contribution >= 4 is 0 Å². The number of rotatable bonds is 10. The summed E-state index contributed by atoms with van der Waals surface area (Å²) in [7, 11) is 0. The predicted octanol–water partition coefficient (Wildman–Crippen LogP) is 0.679. The van der Waals surface area contributed by atoms with Crippen molar-refractivity contribution in [2.45, 2.75) is 63.5 Å². The summed E-state index contributed by atoms with van der Waals surface area (Å²) in [5.41, 5.74) is 23.0. The van der Waals surface area contributed by atoms with Gasteiger partial charge in [0.1, 0.15) is 0 Å². The molecule has 0 fully saturated rings. The summed E-state index contributed by atoms with van der Waals surface area (Å²) in [6, 6.07) is 0.208. The molecule has 0 aromatic heterocycles. The van der Waals surface area contributed by atoms with Crippen LogP contribution in [0.2, 0.25) is 0 Å². The van der Waals surface area contributed by atoms with Gasteiger partial charge < -0.3 is 22.9 Å². The summed E-state index contributed by atoms with van der Waals surface area (Å²) in [6.07, 6.45) is 7.24. The molecule has 2 atom stereocenters. The van der Waals surface area contributed by atoms with E-state index in [9.17, 15) is 0 Å². The molecule has 0 aliphatic carbocycles. The second-order valence-electron chi connectivity index (χ2n) is 5.15. The molecule has 4 nitrogen and oxygen atoms in total. The minimum Gasteiger partial charge on any atom is -0.330 e. The molecular weight excluding hydrogens is 200 g/mol. The van der Waals surface area contributed by atoms with Crippen LogP contribution in [0, 0.1) is 0 Å². The molecule has 0 saturated carbocycles. The van der Waals surface area contributed by atoms with Crippen LogP contribution < -0.4 is 22.9 Å². The first-order valence-electron chi connectivity index (χ1n) is 6.46. The number of hydrogen-bond acceptors (Lipinski definition) is 4. The zero-order chi connectivity index (χ0) is 12.4. The lowest BCUT2D eigenvalue weighted by molar-refractivity contribution is 0.342. The van der Waals surface area contributed by atoms with Gasteiger partial charge in [-0.2, -0.15) is 0 Å². The van der Waals surface area contributed by atoms with Gasteiger partial charge in [-0.3, -0.25) is 0 Å². The van der Waals surface area contributed by atoms with E-state index in [-0.39, 0.29) is 11.6 Å². The van der Waals surface area contributed by atoms with Crippen molar-refractivity contribution in [2.75, 3.05) is 13.1 Å². The van der Waals surface area contributed by atoms with Gasteiger partial charge in [0.05, 0.1) is 0 Å². The van der Waals surface area contributed by atoms with E-state index in [1.165, 1.54) is 0 Å². The summed E-state index contributed by atoms with van der Waals surface area (Å²) in [4.78, 5) is 0. The molecular formula is C12H30N4. The second kappa shape index (κ2) is 8.93. The second-order valence-corrected chi connectivity index (χ2v) is 5.15. The first-order chi connectivity index (χ1) is 7.52. The molecule has 0 aliphatic heterocycles. The van der Waals surface area contributed by atoms with E-state index in [4.69, 9.17) is 22.9 Å². The number of hydrogen-bond donors (Lipinski definition) is 4. The van der Waals surface area contributed by atoms with Gasteiger partial charge >= 0.3 is 0 Å². The predicted molar refractivity (Wildman–Crippen MR) is 71.0 cm³/mol. The maximum absolute atomic E-state index is 6.22. The Balaban J connectivity index is 3.67. The Hall–Kier alpha value is -0.160. The zero-order valence-electron chi connectivity index (χ0n) is 10.8. The zero-order valence-corrected chi connectivity index (χ0v) is 10.8. The molecule has 0 heterocycles. The quantitative estimate of drug-likeness (QED) is 0.414. The van der Waals surface area contributed by atoms with Gasteiger partial charge in [-0.15, -0.1) is 0 Å². The van der Waals surface area contributed by atoms with E-state index in [1.54, 1.807) is 0 Å². The fourth-order valence-electron chi connectivity index (χ4n) is 2.03. The Labute approximate surface area is 100 Å². The van der Waals surface area contributed by atoms with Crippen molar-refractivity contribution in [2.24, 2.45) is 22.9 Å². The maximum Gasteiger partial charge on any atom is 0.0140 e. The van der Waals surface area contributed by atoms with E-state index in [2.05, 4.69) is 6.92 Å². The van der Waals surface area contributed by atoms with Crippen LogP contribution in [-0.4, -0.2) is 24.7 Å². The van der Waals surface area contributed by atoms with E-state index < -0.39 is 0 Å². The van der Waals surface area contributed by atoms with Crippen LogP contribution >= 0.6 is 0 Å². The fourth-order valence-corrected chi connectivity index (χ4v) is 2.03. The molecule has 98 valence electrons. The first-order valence-corrected chi connectivity index (χ1v) is 6.46. The third-order valence-corrected chi connectivity index (χ3v) is 2.96. The number of unbranched alkanes of at least 4 members (excludes halogenated alkanes) is 2. The highest BCUT2D eigenvalue weighted by molar-refractivity contribution is 4.83. The largest absolute Gasteiger partial charge is 0.330 e. The monoisotopic (exact) mass is 230 g/mol. The van der Waals surface area contributed by atoms with Crippen molar-refractivity contribution in [1.82, 2.24) is 0 Å². The van der Waals surface area contributed by atoms with Gasteiger partial charge in [-0.05, 0) is 52.1 Å². The van der Waals surface area contributed by atoms with E-state index >= 15 is 0 Å². The standard InChI is InChI=1S/C12H30N4/c1-12(16,7-3-5-9-14)10-11(15)6-2-4-8-13/h11H,2-10,13-16H2,1H3. The summed E-state index contributed by atoms with van der Waals surface area (Å²) in [6.45, 7) is 3.59. The summed E-state index contributed by atoms with van der Waals surface area (Å²) >= 11 is 0. The Kier molecular flexibility index (Phi) is 8.84. The molecule has 0 radical (unpaired) electrons. The van der Waals surface area contributed by atoms with Gasteiger partial charge in [0, 0.05) is 11.6 Å². The van der Waals surface area contributed by atoms with Crippen molar-refractivity contribution in [3.63, 3.8) is 0 Å². The third-order valence-electron chi connectivity index (χ3n) is 2.96. The summed E-state index contributed by atoms with van der Waals surface area (Å²) in [5.74, 6) is 0. The minimum absolute atomic E-state index is 0.142. The molecule has 0 amide bonds. The van der Waals surface area contributed by atoms with E-state index in [1.807, 2.05) is 0 Å². The topological polar surface area (TPSA) is 104 Å². The van der Waals surface area contributed by atoms with Gasteiger partial charge in [0.2, 0.25) is 0 Å². The highest BCUT2D eigenvalue weighted by atomic mass is 14.8. The maximum atomic E-state index is 6.22. The van der Waals surface area contributed by atoms with Gasteiger partial charge in [0.25, 0.3) is 0 Å². The molecule has 0 aliphatic rings. The van der Waals surface area contributed by atoms with Crippen molar-refractivity contribution in [3.8, 4) is 0 Å². The van der Waals surface area contributed by atoms with E-state index in [0.29, 0.717) is 0 Å². The van der Waals surface area contributed by atoms with Crippen LogP contribution in [0.15, 0.2) is 0 Å². The SMILES string of the molecule is CC(N)(CCCCN)CC(N)CCCCN. The summed E-state index contributed by atoms with van der Waals surface area (Å²) < 4.78 is 0. The Morgan fingerprint density at radius 3 is 2.12 bits per heavy atom. The Morgan fingerprint density at radius 2 is 1.56 bits per heavy atom. The van der Waals surface area contributed by atoms with Crippen LogP contribution in [0.1, 0.15) is 51.9 Å². The average molecular weight is 230 g/mol. The molecule has 0 rings (SSSR count). The molecule has 8 N–H and O–H groups in total. The average Bonchev–Trinajstić information content (AvgIpc) is 2.17. The fraction of sp³-hybridized carbons (Fsp3) is 1.00. The third kappa shape index (κ3) is 9.09. The molecule has 0 aromatic carbocycles. The molecule has 4 heteroatoms. The minimum atomic E-state index is -0.142. The van der Waals surface area contributed by atoms with E-state index in [0.717, 1.165) is 58.0 Å². The van der Waals surface area contributed by atoms with Gasteiger partial charge in [-0.1, -0.05) is 12.8 Å². The van der Waals surface area contributed by atoms with Gasteiger partial charge in [-0.25, -0.2) is 0 Å². The van der Waals surface area contributed by atoms with Crippen molar-refractivity contribution in [3.05, 3.63) is 0 Å². The van der Waals surface area contributed by atoms with Crippen LogP contribution in [0.4, 0.5) is 0 Å². The molecule has 0 aromatic rings. The van der Waals surface area contributed by atoms with Crippen LogP contribution in [-0.2, 0) is 0 Å². The van der Waals surface area contributed by atoms with Crippen molar-refractivity contribution < 1.29 is 0 Å². The highest BCUT2D eigenvalue weighted by Gasteiger charge is 2.20. The smallest absolute Gasteiger partial charge is 0.0140 e. The molecule has 2 unspecified atom stereocenters. The molecule has 16 heavy (non-hydrogen) atoms. The summed E-state index contributed by atoms with van der Waals surface area (Å²) in [5, 5.41) is 0. The normalized spacial score (nSPS) is 17.1. The molecule has 0 spiro atoms. The Bertz CT molecular complexity index is 159. The van der Waals surface area contributed by atoms with Crippen LogP contribution in [0.5, 0.6) is 0 Å². The lowest BCUT2D eigenvalue weighted by atomic mass is 9.87. The Morgan fingerprint density at radius 1 is 1.00 bits per heavy atom. The van der Waals surface area contributed by atoms with Crippen LogP contribution in [0.25, 0.3) is 0 Å².